The van der Waals surface area contributed by atoms with Crippen LogP contribution in [0.3, 0.4) is 0 Å². The molecule has 1 atom stereocenters. The molecule has 0 amide bonds. The second-order valence-corrected chi connectivity index (χ2v) is 5.50. The molecule has 106 valence electrons. The van der Waals surface area contributed by atoms with Crippen molar-refractivity contribution in [3.63, 3.8) is 0 Å². The molecule has 0 saturated carbocycles. The SMILES string of the molecule is NCC(Sc1nnnn1-c1ccccc1)c1ccncc1. The van der Waals surface area contributed by atoms with Gasteiger partial charge in [-0.05, 0) is 40.3 Å². The Morgan fingerprint density at radius 1 is 1.10 bits per heavy atom. The minimum Gasteiger partial charge on any atom is -0.329 e. The topological polar surface area (TPSA) is 82.5 Å². The summed E-state index contributed by atoms with van der Waals surface area (Å²) < 4.78 is 1.72. The van der Waals surface area contributed by atoms with Crippen molar-refractivity contribution in [2.45, 2.75) is 10.4 Å². The number of para-hydroxylation sites is 1. The molecule has 0 saturated heterocycles. The quantitative estimate of drug-likeness (QED) is 0.724. The highest BCUT2D eigenvalue weighted by molar-refractivity contribution is 7.99. The lowest BCUT2D eigenvalue weighted by Crippen LogP contribution is -2.10. The third-order valence-electron chi connectivity index (χ3n) is 2.98. The number of tetrazole rings is 1. The highest BCUT2D eigenvalue weighted by atomic mass is 32.2. The molecule has 0 aliphatic heterocycles. The molecule has 3 rings (SSSR count). The first kappa shape index (κ1) is 13.7. The van der Waals surface area contributed by atoms with Crippen molar-refractivity contribution in [3.05, 3.63) is 60.4 Å². The zero-order valence-corrected chi connectivity index (χ0v) is 12.0. The van der Waals surface area contributed by atoms with E-state index in [0.717, 1.165) is 11.3 Å². The minimum atomic E-state index is 0.0847. The fourth-order valence-corrected chi connectivity index (χ4v) is 2.91. The molecule has 6 nitrogen and oxygen atoms in total. The van der Waals surface area contributed by atoms with Gasteiger partial charge < -0.3 is 5.73 Å². The molecule has 0 fully saturated rings. The summed E-state index contributed by atoms with van der Waals surface area (Å²) in [5, 5.41) is 12.7. The van der Waals surface area contributed by atoms with E-state index in [0.29, 0.717) is 11.7 Å². The molecule has 2 aromatic heterocycles. The first-order chi connectivity index (χ1) is 10.4. The van der Waals surface area contributed by atoms with E-state index in [1.165, 1.54) is 0 Å². The third kappa shape index (κ3) is 3.09. The Morgan fingerprint density at radius 2 is 1.86 bits per heavy atom. The van der Waals surface area contributed by atoms with Gasteiger partial charge in [0.2, 0.25) is 5.16 Å². The molecule has 1 unspecified atom stereocenters. The first-order valence-electron chi connectivity index (χ1n) is 6.49. The van der Waals surface area contributed by atoms with Crippen molar-refractivity contribution in [1.29, 1.82) is 0 Å². The van der Waals surface area contributed by atoms with Crippen molar-refractivity contribution in [3.8, 4) is 5.69 Å². The lowest BCUT2D eigenvalue weighted by molar-refractivity contribution is 0.754. The van der Waals surface area contributed by atoms with Crippen LogP contribution in [-0.2, 0) is 0 Å². The second-order valence-electron chi connectivity index (χ2n) is 4.33. The Labute approximate surface area is 126 Å². The van der Waals surface area contributed by atoms with Crippen LogP contribution in [0.2, 0.25) is 0 Å². The molecule has 2 N–H and O–H groups in total. The summed E-state index contributed by atoms with van der Waals surface area (Å²) in [6, 6.07) is 13.7. The van der Waals surface area contributed by atoms with Gasteiger partial charge in [0.05, 0.1) is 5.69 Å². The molecule has 2 heterocycles. The Morgan fingerprint density at radius 3 is 2.57 bits per heavy atom. The highest BCUT2D eigenvalue weighted by Gasteiger charge is 2.17. The number of hydrogen-bond donors (Lipinski definition) is 1. The van der Waals surface area contributed by atoms with E-state index in [4.69, 9.17) is 5.73 Å². The van der Waals surface area contributed by atoms with Gasteiger partial charge in [-0.15, -0.1) is 5.10 Å². The van der Waals surface area contributed by atoms with Crippen LogP contribution in [0.1, 0.15) is 10.8 Å². The predicted molar refractivity (Wildman–Crippen MR) is 81.0 cm³/mol. The summed E-state index contributed by atoms with van der Waals surface area (Å²) in [5.74, 6) is 0. The largest absolute Gasteiger partial charge is 0.329 e. The van der Waals surface area contributed by atoms with Gasteiger partial charge in [0.1, 0.15) is 0 Å². The summed E-state index contributed by atoms with van der Waals surface area (Å²) in [6.07, 6.45) is 3.53. The molecule has 3 aromatic rings. The molecule has 1 aromatic carbocycles. The summed E-state index contributed by atoms with van der Waals surface area (Å²) in [7, 11) is 0. The molecule has 0 bridgehead atoms. The average molecular weight is 298 g/mol. The Hall–Kier alpha value is -2.25. The van der Waals surface area contributed by atoms with Gasteiger partial charge in [0.25, 0.3) is 0 Å². The van der Waals surface area contributed by atoms with Crippen LogP contribution in [0.4, 0.5) is 0 Å². The summed E-state index contributed by atoms with van der Waals surface area (Å²) in [5.41, 5.74) is 7.93. The molecular weight excluding hydrogens is 284 g/mol. The monoisotopic (exact) mass is 298 g/mol. The van der Waals surface area contributed by atoms with Gasteiger partial charge in [-0.2, -0.15) is 4.68 Å². The fourth-order valence-electron chi connectivity index (χ4n) is 1.94. The number of hydrogen-bond acceptors (Lipinski definition) is 6. The van der Waals surface area contributed by atoms with Crippen LogP contribution >= 0.6 is 11.8 Å². The number of thioether (sulfide) groups is 1. The standard InChI is InChI=1S/C14H14N6S/c15-10-13(11-6-8-16-9-7-11)21-14-17-18-19-20(14)12-4-2-1-3-5-12/h1-9,13H,10,15H2. The van der Waals surface area contributed by atoms with Gasteiger partial charge in [0, 0.05) is 24.2 Å². The van der Waals surface area contributed by atoms with E-state index < -0.39 is 0 Å². The number of aromatic nitrogens is 5. The molecular formula is C14H14N6S. The van der Waals surface area contributed by atoms with Crippen LogP contribution < -0.4 is 5.73 Å². The van der Waals surface area contributed by atoms with Crippen LogP contribution in [0.15, 0.2) is 60.0 Å². The lowest BCUT2D eigenvalue weighted by Gasteiger charge is -2.13. The van der Waals surface area contributed by atoms with Gasteiger partial charge in [0.15, 0.2) is 0 Å². The Balaban J connectivity index is 1.87. The number of benzene rings is 1. The molecule has 0 aliphatic carbocycles. The van der Waals surface area contributed by atoms with Crippen LogP contribution in [-0.4, -0.2) is 31.7 Å². The maximum Gasteiger partial charge on any atom is 0.214 e. The molecule has 0 spiro atoms. The number of nitrogens with zero attached hydrogens (tertiary/aromatic N) is 5. The molecule has 21 heavy (non-hydrogen) atoms. The minimum absolute atomic E-state index is 0.0847. The summed E-state index contributed by atoms with van der Waals surface area (Å²) in [6.45, 7) is 0.496. The summed E-state index contributed by atoms with van der Waals surface area (Å²) in [4.78, 5) is 4.03. The van der Waals surface area contributed by atoms with E-state index in [1.807, 2.05) is 42.5 Å². The highest BCUT2D eigenvalue weighted by Crippen LogP contribution is 2.33. The Bertz CT molecular complexity index is 685. The van der Waals surface area contributed by atoms with Crippen LogP contribution in [0.5, 0.6) is 0 Å². The van der Waals surface area contributed by atoms with Crippen molar-refractivity contribution in [1.82, 2.24) is 25.2 Å². The van der Waals surface area contributed by atoms with Crippen LogP contribution in [0, 0.1) is 0 Å². The van der Waals surface area contributed by atoms with Gasteiger partial charge in [-0.1, -0.05) is 30.0 Å². The maximum absolute atomic E-state index is 5.89. The van der Waals surface area contributed by atoms with Gasteiger partial charge in [-0.25, -0.2) is 0 Å². The van der Waals surface area contributed by atoms with Gasteiger partial charge >= 0.3 is 0 Å². The third-order valence-corrected chi connectivity index (χ3v) is 4.20. The zero-order chi connectivity index (χ0) is 14.5. The normalized spacial score (nSPS) is 12.2. The average Bonchev–Trinajstić information content (AvgIpc) is 3.02. The van der Waals surface area contributed by atoms with Crippen molar-refractivity contribution >= 4 is 11.8 Å². The zero-order valence-electron chi connectivity index (χ0n) is 11.2. The van der Waals surface area contributed by atoms with Crippen molar-refractivity contribution in [2.75, 3.05) is 6.54 Å². The second kappa shape index (κ2) is 6.47. The maximum atomic E-state index is 5.89. The fraction of sp³-hybridized carbons (Fsp3) is 0.143. The predicted octanol–water partition coefficient (Wildman–Crippen LogP) is 1.85. The number of nitrogens with two attached hydrogens (primary N) is 1. The van der Waals surface area contributed by atoms with Gasteiger partial charge in [-0.3, -0.25) is 4.98 Å². The lowest BCUT2D eigenvalue weighted by atomic mass is 10.2. The van der Waals surface area contributed by atoms with E-state index in [1.54, 1.807) is 28.8 Å². The molecule has 7 heteroatoms. The van der Waals surface area contributed by atoms with E-state index in [9.17, 15) is 0 Å². The van der Waals surface area contributed by atoms with E-state index in [2.05, 4.69) is 20.5 Å². The first-order valence-corrected chi connectivity index (χ1v) is 7.37. The van der Waals surface area contributed by atoms with Crippen LogP contribution in [0.25, 0.3) is 5.69 Å². The Kier molecular flexibility index (Phi) is 4.23. The van der Waals surface area contributed by atoms with E-state index in [-0.39, 0.29) is 5.25 Å². The van der Waals surface area contributed by atoms with E-state index >= 15 is 0 Å². The van der Waals surface area contributed by atoms with Crippen molar-refractivity contribution in [2.24, 2.45) is 5.73 Å². The molecule has 0 radical (unpaired) electrons. The summed E-state index contributed by atoms with van der Waals surface area (Å²) >= 11 is 1.54. The number of pyridine rings is 1. The number of rotatable bonds is 5. The van der Waals surface area contributed by atoms with Crippen molar-refractivity contribution < 1.29 is 0 Å². The smallest absolute Gasteiger partial charge is 0.214 e. The molecule has 0 aliphatic rings.